The van der Waals surface area contributed by atoms with E-state index in [1.165, 1.54) is 13.1 Å². The first-order valence-electron chi connectivity index (χ1n) is 7.47. The molecular weight excluding hydrogens is 581 g/mol. The number of quaternary nitrogens is 1. The van der Waals surface area contributed by atoms with Crippen LogP contribution in [0.15, 0.2) is 0 Å². The van der Waals surface area contributed by atoms with Gasteiger partial charge in [-0.2, -0.15) is 26.3 Å². The Labute approximate surface area is 200 Å². The molecule has 0 saturated heterocycles. The first-order valence-corrected chi connectivity index (χ1v) is 9.62. The minimum absolute atomic E-state index is 0. The molecule has 0 aliphatic heterocycles. The smallest absolute Gasteiger partial charge is 0.418 e. The van der Waals surface area contributed by atoms with Crippen LogP contribution in [0.25, 0.3) is 0 Å². The molecule has 0 amide bonds. The molecule has 0 spiro atoms. The summed E-state index contributed by atoms with van der Waals surface area (Å²) >= 11 is 0. The average molecular weight is 601 g/mol. The van der Waals surface area contributed by atoms with Crippen LogP contribution < -0.4 is 0 Å². The first kappa shape index (κ1) is 38.5. The van der Waals surface area contributed by atoms with Gasteiger partial charge in [-0.15, -0.1) is 0 Å². The summed E-state index contributed by atoms with van der Waals surface area (Å²) in [7, 11) is -4.88. The molecule has 0 unspecified atom stereocenters. The molecule has 0 bridgehead atoms. The van der Waals surface area contributed by atoms with Crippen molar-refractivity contribution in [2.24, 2.45) is 0 Å². The molecule has 186 valence electrons. The summed E-state index contributed by atoms with van der Waals surface area (Å²) in [4.78, 5) is 0. The van der Waals surface area contributed by atoms with E-state index < -0.39 is 44.3 Å². The SMILES string of the molecule is CC[N+](C)(CC)CCOC.O=[S-](=O)C(F)(F)C(F)(F)F.O=[S-](=O)C(F)(F)C(F)(F)F.[Y+3]. The van der Waals surface area contributed by atoms with Crippen molar-refractivity contribution in [2.75, 3.05) is 40.4 Å². The van der Waals surface area contributed by atoms with Crippen LogP contribution in [-0.4, -0.2) is 67.7 Å². The molecule has 19 heteroatoms. The third-order valence-corrected chi connectivity index (χ3v) is 4.74. The standard InChI is InChI=1S/C8H20NO.2C2F5O2S.Y/c1-5-9(3,6-2)7-8-10-4;2*3-1(4,5)2(6,7)10(8)9;/h5-8H2,1-4H3;;;/q+1;2*-1;+3. The number of methoxy groups -OCH3 is 1. The zero-order valence-corrected chi connectivity index (χ0v) is 21.0. The summed E-state index contributed by atoms with van der Waals surface area (Å²) in [6.07, 6.45) is -12.1. The Kier molecular flexibility index (Phi) is 18.9. The minimum Gasteiger partial charge on any atom is -0.418 e. The van der Waals surface area contributed by atoms with Crippen molar-refractivity contribution in [3.8, 4) is 0 Å². The van der Waals surface area contributed by atoms with Crippen LogP contribution >= 0.6 is 0 Å². The number of alkyl halides is 10. The number of likely N-dealkylation sites (N-methyl/N-ethyl adjacent to an activating group) is 1. The van der Waals surface area contributed by atoms with Crippen LogP contribution in [-0.2, 0) is 75.7 Å². The van der Waals surface area contributed by atoms with Crippen molar-refractivity contribution in [3.63, 3.8) is 0 Å². The van der Waals surface area contributed by atoms with E-state index in [-0.39, 0.29) is 32.7 Å². The molecule has 0 N–H and O–H groups in total. The van der Waals surface area contributed by atoms with Gasteiger partial charge in [0.25, 0.3) is 0 Å². The van der Waals surface area contributed by atoms with Gasteiger partial charge < -0.3 is 26.1 Å². The van der Waals surface area contributed by atoms with Gasteiger partial charge in [0.1, 0.15) is 6.54 Å². The van der Waals surface area contributed by atoms with E-state index >= 15 is 0 Å². The maximum atomic E-state index is 11.3. The predicted molar refractivity (Wildman–Crippen MR) is 83.5 cm³/mol. The van der Waals surface area contributed by atoms with Crippen LogP contribution in [0.2, 0.25) is 0 Å². The normalized spacial score (nSPS) is 13.0. The fourth-order valence-corrected chi connectivity index (χ4v) is 1.42. The summed E-state index contributed by atoms with van der Waals surface area (Å²) in [6.45, 7) is 8.83. The predicted octanol–water partition coefficient (Wildman–Crippen LogP) is 4.02. The van der Waals surface area contributed by atoms with Gasteiger partial charge in [-0.1, -0.05) is 0 Å². The number of hydrogen-bond donors (Lipinski definition) is 0. The van der Waals surface area contributed by atoms with E-state index in [1.807, 2.05) is 0 Å². The summed E-state index contributed by atoms with van der Waals surface area (Å²) in [5, 5.41) is -11.3. The van der Waals surface area contributed by atoms with Crippen molar-refractivity contribution in [1.29, 1.82) is 0 Å². The molecule has 0 rings (SSSR count). The van der Waals surface area contributed by atoms with Gasteiger partial charge >= 0.3 is 55.6 Å². The molecule has 0 atom stereocenters. The topological polar surface area (TPSA) is 77.5 Å². The van der Waals surface area contributed by atoms with Gasteiger partial charge in [0.05, 0.1) is 26.7 Å². The van der Waals surface area contributed by atoms with Gasteiger partial charge in [-0.3, -0.25) is 0 Å². The second-order valence-corrected chi connectivity index (χ2v) is 7.43. The van der Waals surface area contributed by atoms with Gasteiger partial charge in [-0.25, -0.2) is 17.6 Å². The third-order valence-electron chi connectivity index (χ3n) is 3.44. The van der Waals surface area contributed by atoms with Crippen molar-refractivity contribution < 1.29 is 103 Å². The maximum Gasteiger partial charge on any atom is 3.00 e. The number of halogens is 10. The molecule has 0 fully saturated rings. The Morgan fingerprint density at radius 1 is 0.710 bits per heavy atom. The summed E-state index contributed by atoms with van der Waals surface area (Å²) in [5.74, 6) is 0. The van der Waals surface area contributed by atoms with Gasteiger partial charge in [0.2, 0.25) is 0 Å². The van der Waals surface area contributed by atoms with Gasteiger partial charge in [0.15, 0.2) is 0 Å². The Bertz CT molecular complexity index is 587. The van der Waals surface area contributed by atoms with Crippen molar-refractivity contribution in [3.05, 3.63) is 0 Å². The van der Waals surface area contributed by atoms with Crippen LogP contribution in [0.3, 0.4) is 0 Å². The first-order chi connectivity index (χ1) is 13.1. The van der Waals surface area contributed by atoms with E-state index in [1.54, 1.807) is 7.11 Å². The molecule has 0 heterocycles. The average Bonchev–Trinajstić information content (AvgIpc) is 2.58. The number of nitrogens with zero attached hydrogens (tertiary/aromatic N) is 1. The largest absolute Gasteiger partial charge is 3.00 e. The Morgan fingerprint density at radius 3 is 1.06 bits per heavy atom. The number of rotatable bonds is 7. The second kappa shape index (κ2) is 15.2. The van der Waals surface area contributed by atoms with E-state index in [0.29, 0.717) is 0 Å². The summed E-state index contributed by atoms with van der Waals surface area (Å²) in [6, 6.07) is 0. The molecule has 0 aliphatic carbocycles. The Balaban J connectivity index is -0.000000174. The fourth-order valence-electron chi connectivity index (χ4n) is 1.04. The minimum atomic E-state index is -6.03. The molecule has 0 aliphatic rings. The van der Waals surface area contributed by atoms with E-state index in [0.717, 1.165) is 17.6 Å². The second-order valence-electron chi connectivity index (χ2n) is 5.47. The van der Waals surface area contributed by atoms with Gasteiger partial charge in [-0.05, 0) is 13.8 Å². The molecule has 0 aromatic rings. The zero-order chi connectivity index (χ0) is 25.2. The van der Waals surface area contributed by atoms with Crippen LogP contribution in [0.1, 0.15) is 13.8 Å². The van der Waals surface area contributed by atoms with E-state index in [2.05, 4.69) is 20.9 Å². The number of ether oxygens (including phenoxy) is 1. The molecular formula is C12H20F10NO5S2Y+2. The third kappa shape index (κ3) is 14.2. The summed E-state index contributed by atoms with van der Waals surface area (Å²) in [5.41, 5.74) is 0. The Morgan fingerprint density at radius 2 is 0.968 bits per heavy atom. The van der Waals surface area contributed by atoms with Crippen molar-refractivity contribution >= 4 is 21.4 Å². The van der Waals surface area contributed by atoms with E-state index in [9.17, 15) is 60.7 Å². The van der Waals surface area contributed by atoms with E-state index in [4.69, 9.17) is 4.74 Å². The van der Waals surface area contributed by atoms with Crippen molar-refractivity contribution in [2.45, 2.75) is 36.7 Å². The molecule has 0 aromatic carbocycles. The quantitative estimate of drug-likeness (QED) is 0.251. The molecule has 0 radical (unpaired) electrons. The molecule has 0 aromatic heterocycles. The van der Waals surface area contributed by atoms with Crippen molar-refractivity contribution in [1.82, 2.24) is 0 Å². The van der Waals surface area contributed by atoms with Gasteiger partial charge in [0, 0.05) is 28.5 Å². The number of hydrogen-bond acceptors (Lipinski definition) is 7. The van der Waals surface area contributed by atoms with Crippen LogP contribution in [0.4, 0.5) is 43.9 Å². The molecule has 31 heavy (non-hydrogen) atoms. The molecule has 0 saturated carbocycles. The monoisotopic (exact) mass is 601 g/mol. The summed E-state index contributed by atoms with van der Waals surface area (Å²) < 4.78 is 154. The maximum absolute atomic E-state index is 11.3. The fraction of sp³-hybridized carbons (Fsp3) is 1.00. The Hall–Kier alpha value is 0.224. The molecule has 6 nitrogen and oxygen atoms in total. The zero-order valence-electron chi connectivity index (χ0n) is 16.5. The van der Waals surface area contributed by atoms with Crippen LogP contribution in [0, 0.1) is 0 Å². The van der Waals surface area contributed by atoms with Crippen LogP contribution in [0.5, 0.6) is 0 Å².